The smallest absolute Gasteiger partial charge is 0.264 e. The first-order chi connectivity index (χ1) is 13.4. The molecule has 2 aromatic rings. The van der Waals surface area contributed by atoms with E-state index < -0.39 is 0 Å². The quantitative estimate of drug-likeness (QED) is 0.445. The summed E-state index contributed by atoms with van der Waals surface area (Å²) in [6.07, 6.45) is 1.84. The van der Waals surface area contributed by atoms with Crippen LogP contribution in [-0.2, 0) is 4.79 Å². The Labute approximate surface area is 182 Å². The van der Waals surface area contributed by atoms with Crippen LogP contribution in [0.5, 0.6) is 11.5 Å². The van der Waals surface area contributed by atoms with Crippen LogP contribution in [0.25, 0.3) is 6.08 Å². The van der Waals surface area contributed by atoms with Crippen LogP contribution in [0, 0.1) is 17.4 Å². The monoisotopic (exact) mass is 508 g/mol. The lowest BCUT2D eigenvalue weighted by Gasteiger charge is -2.12. The minimum atomic E-state index is -0.156. The van der Waals surface area contributed by atoms with E-state index in [4.69, 9.17) is 9.47 Å². The number of carbonyl (C=O) groups excluding carboxylic acids is 1. The second-order valence-corrected chi connectivity index (χ2v) is 8.49. The molecule has 0 radical (unpaired) electrons. The van der Waals surface area contributed by atoms with Crippen LogP contribution in [0.2, 0.25) is 0 Å². The Morgan fingerprint density at radius 1 is 1.18 bits per heavy atom. The van der Waals surface area contributed by atoms with E-state index in [1.54, 1.807) is 7.11 Å². The van der Waals surface area contributed by atoms with Gasteiger partial charge in [-0.05, 0) is 102 Å². The molecule has 0 spiro atoms. The average molecular weight is 508 g/mol. The summed E-state index contributed by atoms with van der Waals surface area (Å²) in [7, 11) is 1.61. The van der Waals surface area contributed by atoms with Gasteiger partial charge in [-0.25, -0.2) is 4.99 Å². The molecule has 2 aromatic carbocycles. The van der Waals surface area contributed by atoms with E-state index in [0.717, 1.165) is 25.9 Å². The van der Waals surface area contributed by atoms with Crippen LogP contribution in [0.1, 0.15) is 23.6 Å². The third-order valence-electron chi connectivity index (χ3n) is 3.93. The van der Waals surface area contributed by atoms with Gasteiger partial charge in [-0.2, -0.15) is 0 Å². The van der Waals surface area contributed by atoms with Crippen molar-refractivity contribution in [2.24, 2.45) is 4.99 Å². The molecule has 1 N–H and O–H groups in total. The van der Waals surface area contributed by atoms with Crippen molar-refractivity contribution in [3.05, 3.63) is 55.5 Å². The summed E-state index contributed by atoms with van der Waals surface area (Å²) < 4.78 is 12.0. The summed E-state index contributed by atoms with van der Waals surface area (Å²) in [5.41, 5.74) is 3.98. The van der Waals surface area contributed by atoms with Gasteiger partial charge in [0.05, 0.1) is 27.9 Å². The fraction of sp³-hybridized carbons (Fsp3) is 0.238. The van der Waals surface area contributed by atoms with Gasteiger partial charge in [0, 0.05) is 0 Å². The van der Waals surface area contributed by atoms with Crippen molar-refractivity contribution in [1.82, 2.24) is 5.32 Å². The van der Waals surface area contributed by atoms with Crippen LogP contribution in [0.15, 0.2) is 40.2 Å². The Balaban J connectivity index is 1.88. The molecular formula is C21H21IN2O3S. The fourth-order valence-corrected chi connectivity index (χ4v) is 4.49. The number of rotatable bonds is 5. The van der Waals surface area contributed by atoms with Gasteiger partial charge in [-0.3, -0.25) is 4.79 Å². The number of amides is 1. The highest BCUT2D eigenvalue weighted by atomic mass is 127. The van der Waals surface area contributed by atoms with E-state index in [2.05, 4.69) is 39.0 Å². The summed E-state index contributed by atoms with van der Waals surface area (Å²) in [4.78, 5) is 17.5. The molecule has 0 atom stereocenters. The van der Waals surface area contributed by atoms with Crippen molar-refractivity contribution in [2.75, 3.05) is 13.7 Å². The normalized spacial score (nSPS) is 16.5. The van der Waals surface area contributed by atoms with Gasteiger partial charge >= 0.3 is 0 Å². The number of methoxy groups -OCH3 is 1. The Bertz CT molecular complexity index is 966. The number of ether oxygens (including phenoxy) is 2. The SMILES string of the molecule is CCOc1c(I)cc(/C=C2/SC(=Nc3cc(C)cc(C)c3)NC2=O)cc1OC. The van der Waals surface area contributed by atoms with Gasteiger partial charge in [0.1, 0.15) is 0 Å². The topological polar surface area (TPSA) is 59.9 Å². The number of hydrogen-bond donors (Lipinski definition) is 1. The first-order valence-electron chi connectivity index (χ1n) is 8.77. The largest absolute Gasteiger partial charge is 0.493 e. The van der Waals surface area contributed by atoms with Crippen LogP contribution >= 0.6 is 34.4 Å². The molecule has 0 aromatic heterocycles. The number of nitrogens with one attached hydrogen (secondary N) is 1. The molecule has 5 nitrogen and oxygen atoms in total. The molecule has 1 saturated heterocycles. The maximum Gasteiger partial charge on any atom is 0.264 e. The van der Waals surface area contributed by atoms with E-state index in [1.165, 1.54) is 11.8 Å². The predicted octanol–water partition coefficient (Wildman–Crippen LogP) is 5.21. The number of carbonyl (C=O) groups is 1. The van der Waals surface area contributed by atoms with Gasteiger partial charge < -0.3 is 14.8 Å². The van der Waals surface area contributed by atoms with Gasteiger partial charge in [-0.15, -0.1) is 0 Å². The maximum absolute atomic E-state index is 12.4. The number of thioether (sulfide) groups is 1. The summed E-state index contributed by atoms with van der Waals surface area (Å²) in [5, 5.41) is 3.41. The molecule has 1 amide bonds. The summed E-state index contributed by atoms with van der Waals surface area (Å²) in [6.45, 7) is 6.55. The Kier molecular flexibility index (Phi) is 6.66. The maximum atomic E-state index is 12.4. The van der Waals surface area contributed by atoms with Gasteiger partial charge in [0.25, 0.3) is 5.91 Å². The van der Waals surface area contributed by atoms with Gasteiger partial charge in [0.15, 0.2) is 16.7 Å². The third kappa shape index (κ3) is 4.88. The number of hydrogen-bond acceptors (Lipinski definition) is 5. The number of aliphatic imine (C=N–C) groups is 1. The molecule has 0 unspecified atom stereocenters. The van der Waals surface area contributed by atoms with E-state index in [1.807, 2.05) is 51.1 Å². The lowest BCUT2D eigenvalue weighted by Crippen LogP contribution is -2.19. The molecule has 1 aliphatic heterocycles. The molecule has 1 fully saturated rings. The third-order valence-corrected chi connectivity index (χ3v) is 5.64. The predicted molar refractivity (Wildman–Crippen MR) is 124 cm³/mol. The van der Waals surface area contributed by atoms with Crippen molar-refractivity contribution in [1.29, 1.82) is 0 Å². The van der Waals surface area contributed by atoms with Crippen molar-refractivity contribution < 1.29 is 14.3 Å². The number of aryl methyl sites for hydroxylation is 2. The second-order valence-electron chi connectivity index (χ2n) is 6.29. The number of benzene rings is 2. The molecule has 146 valence electrons. The zero-order valence-corrected chi connectivity index (χ0v) is 19.1. The first-order valence-corrected chi connectivity index (χ1v) is 10.7. The zero-order chi connectivity index (χ0) is 20.3. The minimum absolute atomic E-state index is 0.156. The Morgan fingerprint density at radius 3 is 2.54 bits per heavy atom. The summed E-state index contributed by atoms with van der Waals surface area (Å²) in [5.74, 6) is 1.21. The fourth-order valence-electron chi connectivity index (χ4n) is 2.87. The summed E-state index contributed by atoms with van der Waals surface area (Å²) in [6, 6.07) is 9.92. The average Bonchev–Trinajstić information content (AvgIpc) is 2.95. The van der Waals surface area contributed by atoms with E-state index in [-0.39, 0.29) is 5.91 Å². The molecule has 28 heavy (non-hydrogen) atoms. The molecule has 1 aliphatic rings. The molecule has 0 aliphatic carbocycles. The first kappa shape index (κ1) is 20.7. The highest BCUT2D eigenvalue weighted by Gasteiger charge is 2.24. The molecular weight excluding hydrogens is 487 g/mol. The number of halogens is 1. The highest BCUT2D eigenvalue weighted by molar-refractivity contribution is 14.1. The molecule has 7 heteroatoms. The van der Waals surface area contributed by atoms with E-state index in [9.17, 15) is 4.79 Å². The minimum Gasteiger partial charge on any atom is -0.493 e. The lowest BCUT2D eigenvalue weighted by atomic mass is 10.1. The van der Waals surface area contributed by atoms with Crippen molar-refractivity contribution in [2.45, 2.75) is 20.8 Å². The van der Waals surface area contributed by atoms with Crippen LogP contribution in [-0.4, -0.2) is 24.8 Å². The van der Waals surface area contributed by atoms with Gasteiger partial charge in [-0.1, -0.05) is 6.07 Å². The molecule has 3 rings (SSSR count). The molecule has 1 heterocycles. The van der Waals surface area contributed by atoms with Crippen LogP contribution < -0.4 is 14.8 Å². The van der Waals surface area contributed by atoms with E-state index >= 15 is 0 Å². The van der Waals surface area contributed by atoms with Crippen molar-refractivity contribution in [3.63, 3.8) is 0 Å². The number of amidine groups is 1. The van der Waals surface area contributed by atoms with Crippen molar-refractivity contribution >= 4 is 57.2 Å². The van der Waals surface area contributed by atoms with E-state index in [0.29, 0.717) is 28.2 Å². The Hall–Kier alpha value is -2.00. The van der Waals surface area contributed by atoms with Crippen LogP contribution in [0.3, 0.4) is 0 Å². The van der Waals surface area contributed by atoms with Crippen LogP contribution in [0.4, 0.5) is 5.69 Å². The standard InChI is InChI=1S/C21H21IN2O3S/c1-5-27-19-16(22)9-14(10-17(19)26-4)11-18-20(25)24-21(28-18)23-15-7-12(2)6-13(3)8-15/h6-11H,5H2,1-4H3,(H,23,24,25)/b18-11+. The van der Waals surface area contributed by atoms with Crippen molar-refractivity contribution in [3.8, 4) is 11.5 Å². The summed E-state index contributed by atoms with van der Waals surface area (Å²) >= 11 is 3.54. The zero-order valence-electron chi connectivity index (χ0n) is 16.1. The van der Waals surface area contributed by atoms with Gasteiger partial charge in [0.2, 0.25) is 0 Å². The highest BCUT2D eigenvalue weighted by Crippen LogP contribution is 2.36. The second kappa shape index (κ2) is 9.00. The molecule has 0 bridgehead atoms. The lowest BCUT2D eigenvalue weighted by molar-refractivity contribution is -0.115. The Morgan fingerprint density at radius 2 is 1.89 bits per heavy atom. The molecule has 0 saturated carbocycles. The number of nitrogens with zero attached hydrogens (tertiary/aromatic N) is 1.